The number of piperazine rings is 1. The lowest BCUT2D eigenvalue weighted by molar-refractivity contribution is -0.126. The second-order valence-corrected chi connectivity index (χ2v) is 7.44. The van der Waals surface area contributed by atoms with Gasteiger partial charge in [0.2, 0.25) is 5.91 Å². The van der Waals surface area contributed by atoms with E-state index in [0.29, 0.717) is 13.1 Å². The third-order valence-corrected chi connectivity index (χ3v) is 5.48. The van der Waals surface area contributed by atoms with Crippen molar-refractivity contribution in [3.8, 4) is 0 Å². The summed E-state index contributed by atoms with van der Waals surface area (Å²) in [4.78, 5) is 25.3. The van der Waals surface area contributed by atoms with Gasteiger partial charge in [0, 0.05) is 26.2 Å². The molecule has 0 saturated carbocycles. The summed E-state index contributed by atoms with van der Waals surface area (Å²) in [5, 5.41) is 6.49. The summed E-state index contributed by atoms with van der Waals surface area (Å²) < 4.78 is 5.61. The number of hydrogen-bond acceptors (Lipinski definition) is 8. The molecule has 8 nitrogen and oxygen atoms in total. The molecule has 4 atom stereocenters. The van der Waals surface area contributed by atoms with Gasteiger partial charge >= 0.3 is 0 Å². The molecule has 1 aromatic heterocycles. The van der Waals surface area contributed by atoms with E-state index < -0.39 is 0 Å². The summed E-state index contributed by atoms with van der Waals surface area (Å²) in [7, 11) is 1.70. The fourth-order valence-corrected chi connectivity index (χ4v) is 4.35. The summed E-state index contributed by atoms with van der Waals surface area (Å²) in [5.74, 6) is 1.58. The Hall–Kier alpha value is -1.84. The molecule has 1 saturated heterocycles. The van der Waals surface area contributed by atoms with Gasteiger partial charge in [0.05, 0.1) is 29.7 Å². The molecule has 0 aromatic carbocycles. The second-order valence-electron chi connectivity index (χ2n) is 6.85. The molecule has 0 bridgehead atoms. The van der Waals surface area contributed by atoms with E-state index in [-0.39, 0.29) is 29.5 Å². The predicted octanol–water partition coefficient (Wildman–Crippen LogP) is 1.05. The van der Waals surface area contributed by atoms with Crippen LogP contribution in [0.5, 0.6) is 0 Å². The van der Waals surface area contributed by atoms with Crippen LogP contribution in [0.15, 0.2) is 18.9 Å². The van der Waals surface area contributed by atoms with E-state index in [2.05, 4.69) is 40.9 Å². The molecule has 2 N–H and O–H groups in total. The van der Waals surface area contributed by atoms with Crippen LogP contribution in [0, 0.1) is 0 Å². The summed E-state index contributed by atoms with van der Waals surface area (Å²) >= 11 is 4.72. The zero-order valence-corrected chi connectivity index (χ0v) is 16.9. The number of likely N-dealkylation sites (N-methyl/N-ethyl adjacent to an activating group) is 1. The Morgan fingerprint density at radius 3 is 3.00 bits per heavy atom. The van der Waals surface area contributed by atoms with Crippen LogP contribution >= 0.6 is 12.6 Å². The third kappa shape index (κ3) is 3.90. The van der Waals surface area contributed by atoms with Crippen molar-refractivity contribution >= 4 is 30.2 Å². The molecule has 1 fully saturated rings. The van der Waals surface area contributed by atoms with Gasteiger partial charge in [0.1, 0.15) is 17.9 Å². The highest BCUT2D eigenvalue weighted by molar-refractivity contribution is 7.81. The Kier molecular flexibility index (Phi) is 6.23. The van der Waals surface area contributed by atoms with Gasteiger partial charge in [-0.1, -0.05) is 13.5 Å². The maximum Gasteiger partial charge on any atom is 0.246 e. The van der Waals surface area contributed by atoms with Gasteiger partial charge in [-0.25, -0.2) is 9.97 Å². The summed E-state index contributed by atoms with van der Waals surface area (Å²) in [6, 6.07) is 0.0669. The lowest BCUT2D eigenvalue weighted by atomic mass is 10.1. The number of rotatable bonds is 6. The Bertz CT molecular complexity index is 690. The van der Waals surface area contributed by atoms with Crippen LogP contribution in [0.4, 0.5) is 11.6 Å². The van der Waals surface area contributed by atoms with E-state index >= 15 is 0 Å². The van der Waals surface area contributed by atoms with Crippen LogP contribution in [0.1, 0.15) is 25.5 Å². The highest BCUT2D eigenvalue weighted by Gasteiger charge is 2.36. The minimum absolute atomic E-state index is 0.0669. The first kappa shape index (κ1) is 19.9. The Morgan fingerprint density at radius 1 is 1.59 bits per heavy atom. The molecule has 0 radical (unpaired) electrons. The van der Waals surface area contributed by atoms with Crippen molar-refractivity contribution in [1.29, 1.82) is 0 Å². The highest BCUT2D eigenvalue weighted by Crippen LogP contribution is 2.34. The van der Waals surface area contributed by atoms with Gasteiger partial charge in [-0.2, -0.15) is 12.6 Å². The van der Waals surface area contributed by atoms with Gasteiger partial charge in [0.15, 0.2) is 0 Å². The molecule has 0 spiro atoms. The molecule has 3 rings (SSSR count). The van der Waals surface area contributed by atoms with E-state index in [1.807, 2.05) is 0 Å². The molecule has 3 heterocycles. The number of aromatic nitrogens is 2. The Morgan fingerprint density at radius 2 is 2.37 bits per heavy atom. The minimum Gasteiger partial charge on any atom is -0.368 e. The molecular formula is C18H28N6O2S. The largest absolute Gasteiger partial charge is 0.368 e. The van der Waals surface area contributed by atoms with Crippen LogP contribution in [-0.2, 0) is 9.53 Å². The van der Waals surface area contributed by atoms with E-state index in [0.717, 1.165) is 30.4 Å². The fraction of sp³-hybridized carbons (Fsp3) is 0.611. The van der Waals surface area contributed by atoms with Crippen molar-refractivity contribution < 1.29 is 9.53 Å². The SMILES string of the molecule is C=CC(=O)N1CC(C)N(c2cnc3c(n2)C(C(NCC)OC)CN3)C(S)C1. The van der Waals surface area contributed by atoms with Crippen LogP contribution in [0.2, 0.25) is 0 Å². The number of hydrogen-bond donors (Lipinski definition) is 3. The van der Waals surface area contributed by atoms with Crippen molar-refractivity contribution in [2.75, 3.05) is 43.5 Å². The summed E-state index contributed by atoms with van der Waals surface area (Å²) in [6.45, 7) is 10.3. The van der Waals surface area contributed by atoms with Crippen molar-refractivity contribution in [2.24, 2.45) is 0 Å². The Labute approximate surface area is 165 Å². The smallest absolute Gasteiger partial charge is 0.246 e. The molecule has 4 unspecified atom stereocenters. The first-order chi connectivity index (χ1) is 13.0. The molecule has 1 amide bonds. The number of thiol groups is 1. The van der Waals surface area contributed by atoms with Gasteiger partial charge in [-0.15, -0.1) is 0 Å². The standard InChI is InChI=1S/C18H28N6O2S/c1-5-14(25)23-9-11(3)24(15(27)10-23)13-8-21-17-16(22-13)12(7-20-17)18(26-4)19-6-2/h5,8,11-12,15,18-19,27H,1,6-7,9-10H2,2-4H3,(H,20,21). The maximum atomic E-state index is 12.0. The molecular weight excluding hydrogens is 364 g/mol. The van der Waals surface area contributed by atoms with Crippen molar-refractivity contribution in [3.63, 3.8) is 0 Å². The van der Waals surface area contributed by atoms with Crippen LogP contribution in [0.3, 0.4) is 0 Å². The average Bonchev–Trinajstić information content (AvgIpc) is 3.08. The third-order valence-electron chi connectivity index (χ3n) is 5.07. The predicted molar refractivity (Wildman–Crippen MR) is 109 cm³/mol. The van der Waals surface area contributed by atoms with Gasteiger partial charge in [0.25, 0.3) is 0 Å². The maximum absolute atomic E-state index is 12.0. The van der Waals surface area contributed by atoms with E-state index in [1.54, 1.807) is 18.2 Å². The molecule has 0 aliphatic carbocycles. The quantitative estimate of drug-likeness (QED) is 0.379. The van der Waals surface area contributed by atoms with E-state index in [9.17, 15) is 4.79 Å². The number of anilines is 2. The molecule has 2 aliphatic rings. The number of carbonyl (C=O) groups excluding carboxylic acids is 1. The van der Waals surface area contributed by atoms with E-state index in [4.69, 9.17) is 22.3 Å². The fourth-order valence-electron chi connectivity index (χ4n) is 3.81. The summed E-state index contributed by atoms with van der Waals surface area (Å²) in [6.07, 6.45) is 2.99. The molecule has 148 valence electrons. The lowest BCUT2D eigenvalue weighted by Gasteiger charge is -2.44. The number of nitrogens with one attached hydrogen (secondary N) is 2. The second kappa shape index (κ2) is 8.45. The topological polar surface area (TPSA) is 82.6 Å². The number of fused-ring (bicyclic) bond motifs is 1. The average molecular weight is 393 g/mol. The van der Waals surface area contributed by atoms with Crippen LogP contribution < -0.4 is 15.5 Å². The van der Waals surface area contributed by atoms with Crippen LogP contribution in [-0.4, -0.2) is 71.7 Å². The minimum atomic E-state index is -0.162. The monoisotopic (exact) mass is 392 g/mol. The van der Waals surface area contributed by atoms with Crippen molar-refractivity contribution in [1.82, 2.24) is 20.2 Å². The lowest BCUT2D eigenvalue weighted by Crippen LogP contribution is -2.57. The molecule has 2 aliphatic heterocycles. The Balaban J connectivity index is 1.84. The van der Waals surface area contributed by atoms with Gasteiger partial charge in [-0.3, -0.25) is 10.1 Å². The number of methoxy groups -OCH3 is 1. The molecule has 1 aromatic rings. The zero-order valence-electron chi connectivity index (χ0n) is 16.1. The molecule has 27 heavy (non-hydrogen) atoms. The van der Waals surface area contributed by atoms with Gasteiger partial charge < -0.3 is 19.9 Å². The number of carbonyl (C=O) groups is 1. The van der Waals surface area contributed by atoms with Crippen molar-refractivity contribution in [2.45, 2.75) is 37.4 Å². The van der Waals surface area contributed by atoms with Crippen LogP contribution in [0.25, 0.3) is 0 Å². The zero-order chi connectivity index (χ0) is 19.6. The highest BCUT2D eigenvalue weighted by atomic mass is 32.1. The number of nitrogens with zero attached hydrogens (tertiary/aromatic N) is 4. The van der Waals surface area contributed by atoms with E-state index in [1.165, 1.54) is 6.08 Å². The first-order valence-electron chi connectivity index (χ1n) is 9.24. The summed E-state index contributed by atoms with van der Waals surface area (Å²) in [5.41, 5.74) is 0.901. The number of ether oxygens (including phenoxy) is 1. The van der Waals surface area contributed by atoms with Gasteiger partial charge in [-0.05, 0) is 19.5 Å². The molecule has 9 heteroatoms. The van der Waals surface area contributed by atoms with Crippen molar-refractivity contribution in [3.05, 3.63) is 24.5 Å². The normalized spacial score (nSPS) is 25.7. The first-order valence-corrected chi connectivity index (χ1v) is 9.76. The number of amides is 1.